The minimum absolute atomic E-state index is 0.114. The van der Waals surface area contributed by atoms with E-state index in [-0.39, 0.29) is 28.1 Å². The van der Waals surface area contributed by atoms with Gasteiger partial charge in [-0.1, -0.05) is 20.3 Å². The molecule has 2 atom stereocenters. The summed E-state index contributed by atoms with van der Waals surface area (Å²) in [6, 6.07) is 3.56. The summed E-state index contributed by atoms with van der Waals surface area (Å²) in [6.45, 7) is 3.47. The van der Waals surface area contributed by atoms with Crippen LogP contribution in [0.25, 0.3) is 10.9 Å². The number of nitrogens with zero attached hydrogens (tertiary/aromatic N) is 1. The van der Waals surface area contributed by atoms with Crippen LogP contribution in [0.1, 0.15) is 30.6 Å². The monoisotopic (exact) mass is 347 g/mol. The van der Waals surface area contributed by atoms with Crippen LogP contribution in [0.2, 0.25) is 0 Å². The van der Waals surface area contributed by atoms with Crippen molar-refractivity contribution in [3.8, 4) is 0 Å². The first-order valence-electron chi connectivity index (χ1n) is 7.59. The molecule has 0 aliphatic heterocycles. The number of nitrogens with one attached hydrogen (secondary N) is 2. The molecule has 1 heterocycles. The van der Waals surface area contributed by atoms with Crippen molar-refractivity contribution in [2.45, 2.75) is 26.3 Å². The number of benzene rings is 1. The molecule has 0 saturated heterocycles. The summed E-state index contributed by atoms with van der Waals surface area (Å²) in [5.74, 6) is -2.30. The van der Waals surface area contributed by atoms with E-state index in [1.165, 1.54) is 18.2 Å². The summed E-state index contributed by atoms with van der Waals surface area (Å²) in [5.41, 5.74) is -0.678. The van der Waals surface area contributed by atoms with Crippen LogP contribution < -0.4 is 10.9 Å². The first kappa shape index (κ1) is 18.1. The number of carboxylic acids is 1. The highest BCUT2D eigenvalue weighted by Gasteiger charge is 2.27. The Hall–Kier alpha value is -3.23. The SMILES string of the molecule is CCC(C)C(NC(=O)c1cc(=O)[nH]c2ccc([N+](=O)[O-])cc12)C(=O)O. The molecular formula is C16H17N3O6. The number of amides is 1. The van der Waals surface area contributed by atoms with Crippen molar-refractivity contribution in [2.24, 2.45) is 5.92 Å². The topological polar surface area (TPSA) is 142 Å². The third kappa shape index (κ3) is 3.82. The largest absolute Gasteiger partial charge is 0.480 e. The molecule has 2 unspecified atom stereocenters. The van der Waals surface area contributed by atoms with Crippen LogP contribution >= 0.6 is 0 Å². The zero-order valence-corrected chi connectivity index (χ0v) is 13.6. The van der Waals surface area contributed by atoms with E-state index in [1.54, 1.807) is 13.8 Å². The van der Waals surface area contributed by atoms with Crippen LogP contribution in [-0.2, 0) is 4.79 Å². The zero-order chi connectivity index (χ0) is 18.7. The van der Waals surface area contributed by atoms with Gasteiger partial charge in [-0.25, -0.2) is 4.79 Å². The average molecular weight is 347 g/mol. The van der Waals surface area contributed by atoms with Gasteiger partial charge < -0.3 is 15.4 Å². The van der Waals surface area contributed by atoms with E-state index < -0.39 is 28.4 Å². The Morgan fingerprint density at radius 1 is 1.36 bits per heavy atom. The van der Waals surface area contributed by atoms with E-state index in [4.69, 9.17) is 0 Å². The Labute approximate surface area is 141 Å². The number of hydrogen-bond donors (Lipinski definition) is 3. The number of fused-ring (bicyclic) bond motifs is 1. The van der Waals surface area contributed by atoms with E-state index >= 15 is 0 Å². The first-order valence-corrected chi connectivity index (χ1v) is 7.59. The number of carbonyl (C=O) groups is 2. The second-order valence-corrected chi connectivity index (χ2v) is 5.71. The van der Waals surface area contributed by atoms with Crippen molar-refractivity contribution in [2.75, 3.05) is 0 Å². The van der Waals surface area contributed by atoms with Crippen LogP contribution in [-0.4, -0.2) is 32.9 Å². The Morgan fingerprint density at radius 2 is 2.04 bits per heavy atom. The number of non-ortho nitro benzene ring substituents is 1. The maximum absolute atomic E-state index is 12.5. The first-order chi connectivity index (χ1) is 11.7. The number of hydrogen-bond acceptors (Lipinski definition) is 5. The van der Waals surface area contributed by atoms with Gasteiger partial charge in [0.15, 0.2) is 0 Å². The number of nitro groups is 1. The van der Waals surface area contributed by atoms with Crippen molar-refractivity contribution < 1.29 is 19.6 Å². The number of aliphatic carboxylic acids is 1. The lowest BCUT2D eigenvalue weighted by Crippen LogP contribution is -2.45. The number of carbonyl (C=O) groups excluding carboxylic acids is 1. The fourth-order valence-corrected chi connectivity index (χ4v) is 2.45. The minimum Gasteiger partial charge on any atom is -0.480 e. The lowest BCUT2D eigenvalue weighted by Gasteiger charge is -2.20. The fourth-order valence-electron chi connectivity index (χ4n) is 2.45. The number of carboxylic acid groups (broad SMARTS) is 1. The van der Waals surface area contributed by atoms with Gasteiger partial charge in [-0.15, -0.1) is 0 Å². The van der Waals surface area contributed by atoms with Gasteiger partial charge >= 0.3 is 5.97 Å². The van der Waals surface area contributed by atoms with Gasteiger partial charge in [-0.3, -0.25) is 19.7 Å². The summed E-state index contributed by atoms with van der Waals surface area (Å²) < 4.78 is 0. The molecule has 0 spiro atoms. The predicted octanol–water partition coefficient (Wildman–Crippen LogP) is 1.67. The molecule has 2 rings (SSSR count). The molecule has 1 aromatic heterocycles. The predicted molar refractivity (Wildman–Crippen MR) is 89.6 cm³/mol. The fraction of sp³-hybridized carbons (Fsp3) is 0.312. The Morgan fingerprint density at radius 3 is 2.60 bits per heavy atom. The smallest absolute Gasteiger partial charge is 0.326 e. The second-order valence-electron chi connectivity index (χ2n) is 5.71. The average Bonchev–Trinajstić information content (AvgIpc) is 2.57. The molecule has 9 nitrogen and oxygen atoms in total. The van der Waals surface area contributed by atoms with Crippen molar-refractivity contribution >= 4 is 28.5 Å². The van der Waals surface area contributed by atoms with E-state index in [0.29, 0.717) is 6.42 Å². The van der Waals surface area contributed by atoms with Gasteiger partial charge in [0.25, 0.3) is 11.6 Å². The number of nitro benzene ring substituents is 1. The van der Waals surface area contributed by atoms with E-state index in [2.05, 4.69) is 10.3 Å². The molecule has 0 saturated carbocycles. The normalized spacial score (nSPS) is 13.2. The molecule has 0 aliphatic carbocycles. The van der Waals surface area contributed by atoms with Gasteiger partial charge in [0, 0.05) is 29.1 Å². The molecule has 132 valence electrons. The van der Waals surface area contributed by atoms with Crippen molar-refractivity contribution in [3.63, 3.8) is 0 Å². The minimum atomic E-state index is -1.19. The zero-order valence-electron chi connectivity index (χ0n) is 13.6. The lowest BCUT2D eigenvalue weighted by molar-refractivity contribution is -0.384. The summed E-state index contributed by atoms with van der Waals surface area (Å²) in [5, 5.41) is 22.8. The summed E-state index contributed by atoms with van der Waals surface area (Å²) in [6.07, 6.45) is 0.527. The molecule has 2 aromatic rings. The van der Waals surface area contributed by atoms with Crippen molar-refractivity contribution in [1.82, 2.24) is 10.3 Å². The molecule has 3 N–H and O–H groups in total. The lowest BCUT2D eigenvalue weighted by atomic mass is 9.98. The maximum Gasteiger partial charge on any atom is 0.326 e. The van der Waals surface area contributed by atoms with Gasteiger partial charge in [0.1, 0.15) is 6.04 Å². The molecule has 0 aliphatic rings. The molecule has 0 bridgehead atoms. The Balaban J connectivity index is 2.52. The summed E-state index contributed by atoms with van der Waals surface area (Å²) in [7, 11) is 0. The third-order valence-corrected chi connectivity index (χ3v) is 4.05. The number of aromatic nitrogens is 1. The van der Waals surface area contributed by atoms with Crippen LogP contribution in [0.4, 0.5) is 5.69 Å². The van der Waals surface area contributed by atoms with Crippen LogP contribution in [0.5, 0.6) is 0 Å². The van der Waals surface area contributed by atoms with E-state index in [9.17, 15) is 29.6 Å². The quantitative estimate of drug-likeness (QED) is 0.536. The molecule has 1 amide bonds. The highest BCUT2D eigenvalue weighted by molar-refractivity contribution is 6.07. The summed E-state index contributed by atoms with van der Waals surface area (Å²) in [4.78, 5) is 48.5. The molecule has 9 heteroatoms. The van der Waals surface area contributed by atoms with Crippen LogP contribution in [0.15, 0.2) is 29.1 Å². The molecular weight excluding hydrogens is 330 g/mol. The van der Waals surface area contributed by atoms with Gasteiger partial charge in [-0.05, 0) is 12.0 Å². The van der Waals surface area contributed by atoms with Crippen LogP contribution in [0, 0.1) is 16.0 Å². The molecule has 0 fully saturated rings. The highest BCUT2D eigenvalue weighted by Crippen LogP contribution is 2.22. The number of H-pyrrole nitrogens is 1. The maximum atomic E-state index is 12.5. The van der Waals surface area contributed by atoms with E-state index in [0.717, 1.165) is 6.07 Å². The number of pyridine rings is 1. The van der Waals surface area contributed by atoms with E-state index in [1.807, 2.05) is 0 Å². The standard InChI is InChI=1S/C16H17N3O6/c1-3-8(2)14(16(22)23)18-15(21)11-7-13(20)17-12-5-4-9(19(24)25)6-10(11)12/h4-8,14H,3H2,1-2H3,(H,17,20)(H,18,21)(H,22,23). The Bertz CT molecular complexity index is 904. The third-order valence-electron chi connectivity index (χ3n) is 4.05. The van der Waals surface area contributed by atoms with Gasteiger partial charge in [0.2, 0.25) is 5.56 Å². The highest BCUT2D eigenvalue weighted by atomic mass is 16.6. The second kappa shape index (κ2) is 7.12. The van der Waals surface area contributed by atoms with Gasteiger partial charge in [-0.2, -0.15) is 0 Å². The number of rotatable bonds is 6. The van der Waals surface area contributed by atoms with Crippen molar-refractivity contribution in [3.05, 3.63) is 50.3 Å². The van der Waals surface area contributed by atoms with Crippen LogP contribution in [0.3, 0.4) is 0 Å². The number of aromatic amines is 1. The molecule has 0 radical (unpaired) electrons. The Kier molecular flexibility index (Phi) is 5.16. The summed E-state index contributed by atoms with van der Waals surface area (Å²) >= 11 is 0. The van der Waals surface area contributed by atoms with Gasteiger partial charge in [0.05, 0.1) is 10.5 Å². The van der Waals surface area contributed by atoms with Crippen molar-refractivity contribution in [1.29, 1.82) is 0 Å². The molecule has 1 aromatic carbocycles. The molecule has 25 heavy (non-hydrogen) atoms.